The summed E-state index contributed by atoms with van der Waals surface area (Å²) in [5.41, 5.74) is 0.650. The van der Waals surface area contributed by atoms with E-state index in [1.165, 1.54) is 6.20 Å². The van der Waals surface area contributed by atoms with Gasteiger partial charge in [0.15, 0.2) is 5.92 Å². The molecule has 1 N–H and O–H groups in total. The number of nitrogens with zero attached hydrogens (tertiary/aromatic N) is 2. The molecule has 1 unspecified atom stereocenters. The fourth-order valence-corrected chi connectivity index (χ4v) is 1.69. The van der Waals surface area contributed by atoms with Gasteiger partial charge in [-0.05, 0) is 17.7 Å². The van der Waals surface area contributed by atoms with E-state index >= 15 is 0 Å². The summed E-state index contributed by atoms with van der Waals surface area (Å²) in [5, 5.41) is 12.2. The molecule has 1 heterocycles. The lowest BCUT2D eigenvalue weighted by Crippen LogP contribution is -2.20. The molecule has 0 aliphatic carbocycles. The number of amides is 1. The van der Waals surface area contributed by atoms with E-state index in [9.17, 15) is 4.79 Å². The number of benzene rings is 1. The molecule has 5 heteroatoms. The smallest absolute Gasteiger partial charge is 0.247 e. The zero-order valence-corrected chi connectivity index (χ0v) is 10.6. The van der Waals surface area contributed by atoms with E-state index in [4.69, 9.17) is 16.9 Å². The molecular formula is C14H10ClN3O. The lowest BCUT2D eigenvalue weighted by Gasteiger charge is -2.09. The summed E-state index contributed by atoms with van der Waals surface area (Å²) in [6.45, 7) is 0. The molecule has 0 spiro atoms. The van der Waals surface area contributed by atoms with Crippen LogP contribution in [0.1, 0.15) is 11.5 Å². The minimum absolute atomic E-state index is 0.366. The number of anilines is 1. The lowest BCUT2D eigenvalue weighted by molar-refractivity contribution is -0.116. The summed E-state index contributed by atoms with van der Waals surface area (Å²) in [6.07, 6.45) is 1.43. The van der Waals surface area contributed by atoms with Crippen molar-refractivity contribution in [3.8, 4) is 6.07 Å². The molecule has 4 nitrogen and oxygen atoms in total. The fraction of sp³-hybridized carbons (Fsp3) is 0.0714. The fourth-order valence-electron chi connectivity index (χ4n) is 1.58. The Morgan fingerprint density at radius 1 is 1.26 bits per heavy atom. The van der Waals surface area contributed by atoms with Gasteiger partial charge in [0.05, 0.1) is 11.1 Å². The zero-order valence-electron chi connectivity index (χ0n) is 9.88. The number of carbonyl (C=O) groups excluding carboxylic acids is 1. The van der Waals surface area contributed by atoms with Crippen molar-refractivity contribution in [2.75, 3.05) is 5.32 Å². The molecule has 2 aromatic rings. The van der Waals surface area contributed by atoms with Crippen LogP contribution >= 0.6 is 11.6 Å². The summed E-state index contributed by atoms with van der Waals surface area (Å²) < 4.78 is 0. The van der Waals surface area contributed by atoms with Crippen LogP contribution in [-0.2, 0) is 4.79 Å². The van der Waals surface area contributed by atoms with Crippen molar-refractivity contribution in [3.63, 3.8) is 0 Å². The van der Waals surface area contributed by atoms with Gasteiger partial charge in [-0.25, -0.2) is 4.98 Å². The SMILES string of the molecule is N#CC(C(=O)Nc1ccc(Cl)cn1)c1ccccc1. The third-order valence-electron chi connectivity index (χ3n) is 2.50. The third-order valence-corrected chi connectivity index (χ3v) is 2.73. The summed E-state index contributed by atoms with van der Waals surface area (Å²) >= 11 is 5.71. The van der Waals surface area contributed by atoms with Gasteiger partial charge in [-0.15, -0.1) is 0 Å². The molecule has 0 saturated heterocycles. The van der Waals surface area contributed by atoms with Gasteiger partial charge in [-0.2, -0.15) is 5.26 Å². The second-order valence-corrected chi connectivity index (χ2v) is 4.26. The largest absolute Gasteiger partial charge is 0.309 e. The van der Waals surface area contributed by atoms with Gasteiger partial charge in [0.2, 0.25) is 5.91 Å². The third kappa shape index (κ3) is 3.30. The maximum atomic E-state index is 12.0. The molecule has 1 amide bonds. The van der Waals surface area contributed by atoms with Crippen molar-refractivity contribution in [1.82, 2.24) is 4.98 Å². The van der Waals surface area contributed by atoms with Crippen molar-refractivity contribution in [1.29, 1.82) is 5.26 Å². The second kappa shape index (κ2) is 5.98. The van der Waals surface area contributed by atoms with Crippen LogP contribution in [0.5, 0.6) is 0 Å². The average molecular weight is 272 g/mol. The second-order valence-electron chi connectivity index (χ2n) is 3.82. The molecule has 94 valence electrons. The Bertz CT molecular complexity index is 605. The number of pyridine rings is 1. The molecule has 1 aromatic carbocycles. The highest BCUT2D eigenvalue weighted by atomic mass is 35.5. The first-order chi connectivity index (χ1) is 9.20. The number of hydrogen-bond acceptors (Lipinski definition) is 3. The number of nitriles is 1. The topological polar surface area (TPSA) is 65.8 Å². The van der Waals surface area contributed by atoms with Gasteiger partial charge >= 0.3 is 0 Å². The summed E-state index contributed by atoms with van der Waals surface area (Å²) in [6, 6.07) is 14.1. The van der Waals surface area contributed by atoms with Crippen LogP contribution in [0.3, 0.4) is 0 Å². The number of rotatable bonds is 3. The highest BCUT2D eigenvalue weighted by Crippen LogP contribution is 2.17. The maximum Gasteiger partial charge on any atom is 0.247 e. The van der Waals surface area contributed by atoms with Crippen LogP contribution in [0, 0.1) is 11.3 Å². The molecule has 2 rings (SSSR count). The van der Waals surface area contributed by atoms with Crippen molar-refractivity contribution in [2.24, 2.45) is 0 Å². The summed E-state index contributed by atoms with van der Waals surface area (Å²) in [5.74, 6) is -0.909. The predicted molar refractivity (Wildman–Crippen MR) is 72.7 cm³/mol. The number of aromatic nitrogens is 1. The molecule has 0 saturated carbocycles. The Hall–Kier alpha value is -2.38. The van der Waals surface area contributed by atoms with E-state index in [-0.39, 0.29) is 0 Å². The highest BCUT2D eigenvalue weighted by Gasteiger charge is 2.20. The summed E-state index contributed by atoms with van der Waals surface area (Å²) in [4.78, 5) is 16.0. The van der Waals surface area contributed by atoms with E-state index in [1.807, 2.05) is 12.1 Å². The number of hydrogen-bond donors (Lipinski definition) is 1. The van der Waals surface area contributed by atoms with Crippen molar-refractivity contribution in [2.45, 2.75) is 5.92 Å². The number of nitrogens with one attached hydrogen (secondary N) is 1. The van der Waals surface area contributed by atoms with E-state index < -0.39 is 11.8 Å². The van der Waals surface area contributed by atoms with Crippen LogP contribution < -0.4 is 5.32 Å². The molecule has 1 aromatic heterocycles. The Labute approximate surface area is 115 Å². The average Bonchev–Trinajstić information content (AvgIpc) is 2.43. The first-order valence-electron chi connectivity index (χ1n) is 5.57. The van der Waals surface area contributed by atoms with Crippen LogP contribution in [0.2, 0.25) is 5.02 Å². The Morgan fingerprint density at radius 3 is 2.58 bits per heavy atom. The van der Waals surface area contributed by atoms with E-state index in [0.717, 1.165) is 0 Å². The van der Waals surface area contributed by atoms with Gasteiger partial charge in [0, 0.05) is 6.20 Å². The standard InChI is InChI=1S/C14H10ClN3O/c15-11-6-7-13(17-9-11)18-14(19)12(8-16)10-4-2-1-3-5-10/h1-7,9,12H,(H,17,18,19). The van der Waals surface area contributed by atoms with Crippen LogP contribution in [-0.4, -0.2) is 10.9 Å². The van der Waals surface area contributed by atoms with E-state index in [2.05, 4.69) is 10.3 Å². The minimum Gasteiger partial charge on any atom is -0.309 e. The van der Waals surface area contributed by atoms with Crippen molar-refractivity contribution < 1.29 is 4.79 Å². The first kappa shape index (κ1) is 13.1. The Balaban J connectivity index is 2.14. The Morgan fingerprint density at radius 2 is 2.00 bits per heavy atom. The van der Waals surface area contributed by atoms with Crippen LogP contribution in [0.25, 0.3) is 0 Å². The predicted octanol–water partition coefficient (Wildman–Crippen LogP) is 2.98. The van der Waals surface area contributed by atoms with Crippen molar-refractivity contribution in [3.05, 3.63) is 59.2 Å². The van der Waals surface area contributed by atoms with E-state index in [0.29, 0.717) is 16.4 Å². The molecule has 1 atom stereocenters. The molecule has 0 fully saturated rings. The van der Waals surface area contributed by atoms with Gasteiger partial charge in [0.1, 0.15) is 5.82 Å². The maximum absolute atomic E-state index is 12.0. The molecule has 19 heavy (non-hydrogen) atoms. The molecule has 0 radical (unpaired) electrons. The van der Waals surface area contributed by atoms with Gasteiger partial charge in [0.25, 0.3) is 0 Å². The number of carbonyl (C=O) groups is 1. The first-order valence-corrected chi connectivity index (χ1v) is 5.95. The molecule has 0 aliphatic rings. The Kier molecular flexibility index (Phi) is 4.11. The summed E-state index contributed by atoms with van der Waals surface area (Å²) in [7, 11) is 0. The van der Waals surface area contributed by atoms with Crippen LogP contribution in [0.15, 0.2) is 48.7 Å². The molecular weight excluding hydrogens is 262 g/mol. The van der Waals surface area contributed by atoms with E-state index in [1.54, 1.807) is 36.4 Å². The molecule has 0 aliphatic heterocycles. The van der Waals surface area contributed by atoms with Gasteiger partial charge < -0.3 is 5.32 Å². The van der Waals surface area contributed by atoms with Gasteiger partial charge in [-0.3, -0.25) is 4.79 Å². The quantitative estimate of drug-likeness (QED) is 0.933. The van der Waals surface area contributed by atoms with Crippen LogP contribution in [0.4, 0.5) is 5.82 Å². The molecule has 0 bridgehead atoms. The highest BCUT2D eigenvalue weighted by molar-refractivity contribution is 6.30. The number of halogens is 1. The zero-order chi connectivity index (χ0) is 13.7. The lowest BCUT2D eigenvalue weighted by atomic mass is 10.00. The van der Waals surface area contributed by atoms with Crippen molar-refractivity contribution >= 4 is 23.3 Å². The normalized spacial score (nSPS) is 11.4. The monoisotopic (exact) mass is 271 g/mol. The van der Waals surface area contributed by atoms with Gasteiger partial charge in [-0.1, -0.05) is 41.9 Å². The minimum atomic E-state index is -0.862.